The molecule has 0 saturated carbocycles. The quantitative estimate of drug-likeness (QED) is 0.445. The van der Waals surface area contributed by atoms with E-state index in [4.69, 9.17) is 10.8 Å². The molecule has 56 valence electrons. The van der Waals surface area contributed by atoms with Crippen molar-refractivity contribution in [3.8, 4) is 0 Å². The van der Waals surface area contributed by atoms with Crippen molar-refractivity contribution in [3.05, 3.63) is 0 Å². The fourth-order valence-corrected chi connectivity index (χ4v) is 0.497. The second-order valence-corrected chi connectivity index (χ2v) is 2.25. The first kappa shape index (κ1) is 13.1. The molecule has 0 amide bonds. The predicted molar refractivity (Wildman–Crippen MR) is 36.2 cm³/mol. The monoisotopic (exact) mass is 155 g/mol. The first-order valence-corrected chi connectivity index (χ1v) is 3.08. The number of hydrogen-bond donors (Lipinski definition) is 2. The van der Waals surface area contributed by atoms with Crippen LogP contribution in [0.25, 0.3) is 0 Å². The summed E-state index contributed by atoms with van der Waals surface area (Å²) in [6, 6.07) is -0.699. The largest absolute Gasteiger partial charge is 1.00 e. The third kappa shape index (κ3) is 4.28. The Labute approximate surface area is 84.8 Å². The normalized spacial score (nSPS) is 15.1. The Morgan fingerprint density at radius 2 is 2.20 bits per heavy atom. The number of carboxylic acid groups (broad SMARTS) is 1. The van der Waals surface area contributed by atoms with Gasteiger partial charge in [0.25, 0.3) is 0 Å². The van der Waals surface area contributed by atoms with Crippen LogP contribution >= 0.6 is 0 Å². The van der Waals surface area contributed by atoms with Crippen LogP contribution in [0.1, 0.15) is 21.7 Å². The first-order valence-electron chi connectivity index (χ1n) is 3.08. The van der Waals surface area contributed by atoms with Gasteiger partial charge in [-0.15, -0.1) is 0 Å². The third-order valence-corrected chi connectivity index (χ3v) is 1.54. The Bertz CT molecular complexity index is 113. The van der Waals surface area contributed by atoms with Crippen LogP contribution in [-0.2, 0) is 4.79 Å². The van der Waals surface area contributed by atoms with Crippen LogP contribution in [0, 0.1) is 5.92 Å². The molecule has 10 heavy (non-hydrogen) atoms. The van der Waals surface area contributed by atoms with Gasteiger partial charge in [-0.3, -0.25) is 4.79 Å². The van der Waals surface area contributed by atoms with E-state index in [-0.39, 0.29) is 36.9 Å². The minimum Gasteiger partial charge on any atom is -1.00 e. The fraction of sp³-hybridized carbons (Fsp3) is 0.833. The second-order valence-electron chi connectivity index (χ2n) is 2.25. The van der Waals surface area contributed by atoms with Crippen LogP contribution in [0.3, 0.4) is 0 Å². The van der Waals surface area contributed by atoms with Crippen molar-refractivity contribution in [2.24, 2.45) is 11.7 Å². The third-order valence-electron chi connectivity index (χ3n) is 1.54. The Morgan fingerprint density at radius 3 is 2.30 bits per heavy atom. The van der Waals surface area contributed by atoms with Crippen LogP contribution in [0.5, 0.6) is 0 Å². The fourth-order valence-electron chi connectivity index (χ4n) is 0.497. The minimum atomic E-state index is -0.913. The molecule has 0 fully saturated rings. The van der Waals surface area contributed by atoms with Crippen molar-refractivity contribution in [1.29, 1.82) is 0 Å². The molecule has 0 saturated heterocycles. The van der Waals surface area contributed by atoms with Crippen molar-refractivity contribution in [1.82, 2.24) is 0 Å². The molecular weight excluding hydrogens is 141 g/mol. The van der Waals surface area contributed by atoms with Crippen molar-refractivity contribution in [2.45, 2.75) is 26.3 Å². The molecule has 0 aliphatic heterocycles. The van der Waals surface area contributed by atoms with E-state index in [0.29, 0.717) is 0 Å². The Balaban J connectivity index is -0.000000320. The van der Waals surface area contributed by atoms with Gasteiger partial charge in [-0.2, -0.15) is 0 Å². The van der Waals surface area contributed by atoms with E-state index < -0.39 is 12.0 Å². The van der Waals surface area contributed by atoms with Crippen LogP contribution < -0.4 is 35.3 Å². The molecule has 0 rings (SSSR count). The SMILES string of the molecule is CCC(C)[C@H](N)C(=O)O.[H-].[Na+]. The maximum absolute atomic E-state index is 10.2. The summed E-state index contributed by atoms with van der Waals surface area (Å²) in [5.41, 5.74) is 5.27. The van der Waals surface area contributed by atoms with Gasteiger partial charge in [0, 0.05) is 0 Å². The van der Waals surface area contributed by atoms with Gasteiger partial charge in [0.2, 0.25) is 0 Å². The summed E-state index contributed by atoms with van der Waals surface area (Å²) in [5, 5.41) is 8.36. The second kappa shape index (κ2) is 6.16. The van der Waals surface area contributed by atoms with Gasteiger partial charge in [0.1, 0.15) is 6.04 Å². The maximum Gasteiger partial charge on any atom is 1.00 e. The van der Waals surface area contributed by atoms with E-state index in [9.17, 15) is 4.79 Å². The number of aliphatic carboxylic acids is 1. The van der Waals surface area contributed by atoms with Gasteiger partial charge in [0.15, 0.2) is 0 Å². The summed E-state index contributed by atoms with van der Waals surface area (Å²) < 4.78 is 0. The van der Waals surface area contributed by atoms with Crippen molar-refractivity contribution in [2.75, 3.05) is 0 Å². The zero-order valence-corrected chi connectivity index (χ0v) is 8.79. The molecule has 0 aliphatic carbocycles. The molecule has 0 heterocycles. The molecule has 3 nitrogen and oxygen atoms in total. The van der Waals surface area contributed by atoms with E-state index in [2.05, 4.69) is 0 Å². The number of nitrogens with two attached hydrogens (primary N) is 1. The van der Waals surface area contributed by atoms with E-state index in [1.54, 1.807) is 0 Å². The topological polar surface area (TPSA) is 63.3 Å². The van der Waals surface area contributed by atoms with E-state index in [0.717, 1.165) is 6.42 Å². The Kier molecular flexibility index (Phi) is 8.04. The predicted octanol–water partition coefficient (Wildman–Crippen LogP) is -2.44. The molecule has 0 aromatic rings. The Morgan fingerprint density at radius 1 is 1.80 bits per heavy atom. The van der Waals surface area contributed by atoms with Crippen molar-refractivity contribution >= 4 is 5.97 Å². The molecule has 4 heteroatoms. The van der Waals surface area contributed by atoms with Crippen molar-refractivity contribution in [3.63, 3.8) is 0 Å². The number of hydrogen-bond acceptors (Lipinski definition) is 2. The summed E-state index contributed by atoms with van der Waals surface area (Å²) >= 11 is 0. The molecule has 1 unspecified atom stereocenters. The first-order chi connectivity index (χ1) is 4.09. The Hall–Kier alpha value is 0.430. The van der Waals surface area contributed by atoms with Crippen molar-refractivity contribution < 1.29 is 40.9 Å². The molecule has 0 radical (unpaired) electrons. The van der Waals surface area contributed by atoms with Gasteiger partial charge in [0.05, 0.1) is 0 Å². The molecule has 0 aromatic heterocycles. The molecule has 2 atom stereocenters. The van der Waals surface area contributed by atoms with Gasteiger partial charge < -0.3 is 12.3 Å². The van der Waals surface area contributed by atoms with Gasteiger partial charge >= 0.3 is 35.5 Å². The van der Waals surface area contributed by atoms with Crippen LogP contribution in [0.2, 0.25) is 0 Å². The average Bonchev–Trinajstić information content (AvgIpc) is 1.84. The number of rotatable bonds is 3. The molecule has 3 N–H and O–H groups in total. The minimum absolute atomic E-state index is 0. The summed E-state index contributed by atoms with van der Waals surface area (Å²) in [6.45, 7) is 3.76. The van der Waals surface area contributed by atoms with Gasteiger partial charge in [-0.05, 0) is 5.92 Å². The zero-order valence-electron chi connectivity index (χ0n) is 7.79. The summed E-state index contributed by atoms with van der Waals surface area (Å²) in [5.74, 6) is -0.841. The van der Waals surface area contributed by atoms with Gasteiger partial charge in [-0.25, -0.2) is 0 Å². The molecular formula is C6H14NNaO2. The molecule has 0 spiro atoms. The molecule has 0 bridgehead atoms. The van der Waals surface area contributed by atoms with E-state index >= 15 is 0 Å². The van der Waals surface area contributed by atoms with E-state index in [1.165, 1.54) is 0 Å². The van der Waals surface area contributed by atoms with Gasteiger partial charge in [-0.1, -0.05) is 20.3 Å². The smallest absolute Gasteiger partial charge is 1.00 e. The number of carboxylic acids is 1. The summed E-state index contributed by atoms with van der Waals surface area (Å²) in [7, 11) is 0. The molecule has 0 aliphatic rings. The summed E-state index contributed by atoms with van der Waals surface area (Å²) in [6.07, 6.45) is 0.813. The average molecular weight is 155 g/mol. The number of carbonyl (C=O) groups is 1. The van der Waals surface area contributed by atoms with Crippen LogP contribution in [-0.4, -0.2) is 17.1 Å². The van der Waals surface area contributed by atoms with E-state index in [1.807, 2.05) is 13.8 Å². The standard InChI is InChI=1S/C6H13NO2.Na.H/c1-3-4(2)5(7)6(8)9;;/h4-5H,3,7H2,1-2H3,(H,8,9);;/q;+1;-1/t4?,5-;;/m0../s1. The zero-order chi connectivity index (χ0) is 7.44. The van der Waals surface area contributed by atoms with Crippen LogP contribution in [0.15, 0.2) is 0 Å². The maximum atomic E-state index is 10.2. The van der Waals surface area contributed by atoms with Crippen LogP contribution in [0.4, 0.5) is 0 Å². The summed E-state index contributed by atoms with van der Waals surface area (Å²) in [4.78, 5) is 10.2. The molecule has 0 aromatic carbocycles.